The molecule has 0 atom stereocenters. The third-order valence-electron chi connectivity index (χ3n) is 3.49. The second-order valence-corrected chi connectivity index (χ2v) is 5.16. The number of carbonyl (C=O) groups is 2. The average molecular weight is 313 g/mol. The number of nitrogens with zero attached hydrogens (tertiary/aromatic N) is 1. The fraction of sp³-hybridized carbons (Fsp3) is 0.333. The van der Waals surface area contributed by atoms with Gasteiger partial charge in [-0.2, -0.15) is 13.2 Å². The quantitative estimate of drug-likeness (QED) is 0.869. The monoisotopic (exact) mass is 313 g/mol. The summed E-state index contributed by atoms with van der Waals surface area (Å²) >= 11 is 0. The highest BCUT2D eigenvalue weighted by atomic mass is 19.4. The summed E-state index contributed by atoms with van der Waals surface area (Å²) in [6, 6.07) is 3.02. The van der Waals surface area contributed by atoms with E-state index in [4.69, 9.17) is 5.11 Å². The Morgan fingerprint density at radius 2 is 1.95 bits per heavy atom. The molecule has 2 rings (SSSR count). The number of rotatable bonds is 3. The Labute approximate surface area is 124 Å². The van der Waals surface area contributed by atoms with Crippen LogP contribution in [0, 0.1) is 5.92 Å². The first-order chi connectivity index (χ1) is 10.2. The molecule has 1 heterocycles. The van der Waals surface area contributed by atoms with Crippen LogP contribution in [0.1, 0.15) is 28.4 Å². The molecular weight excluding hydrogens is 299 g/mol. The van der Waals surface area contributed by atoms with Crippen molar-refractivity contribution in [3.63, 3.8) is 0 Å². The summed E-state index contributed by atoms with van der Waals surface area (Å²) in [5.74, 6) is -0.440. The van der Waals surface area contributed by atoms with E-state index in [9.17, 15) is 22.8 Å². The van der Waals surface area contributed by atoms with Gasteiger partial charge in [-0.25, -0.2) is 4.79 Å². The van der Waals surface area contributed by atoms with Crippen molar-refractivity contribution in [2.24, 2.45) is 5.92 Å². The third kappa shape index (κ3) is 3.47. The van der Waals surface area contributed by atoms with Crippen molar-refractivity contribution in [3.8, 4) is 0 Å². The number of carbonyl (C=O) groups excluding carboxylic acids is 1. The van der Waals surface area contributed by atoms with Crippen LogP contribution < -0.4 is 0 Å². The lowest BCUT2D eigenvalue weighted by Gasteiger charge is -2.35. The molecule has 0 radical (unpaired) electrons. The van der Waals surface area contributed by atoms with Crippen molar-refractivity contribution in [3.05, 3.63) is 41.0 Å². The van der Waals surface area contributed by atoms with Crippen LogP contribution in [0.2, 0.25) is 0 Å². The molecule has 1 aliphatic rings. The van der Waals surface area contributed by atoms with Gasteiger partial charge in [0.1, 0.15) is 0 Å². The summed E-state index contributed by atoms with van der Waals surface area (Å²) in [6.07, 6.45) is -2.21. The van der Waals surface area contributed by atoms with Gasteiger partial charge in [-0.15, -0.1) is 0 Å². The molecule has 1 N–H and O–H groups in total. The molecule has 1 aliphatic heterocycles. The zero-order chi connectivity index (χ0) is 16.5. The van der Waals surface area contributed by atoms with Gasteiger partial charge >= 0.3 is 12.3 Å². The van der Waals surface area contributed by atoms with Gasteiger partial charge in [0, 0.05) is 24.6 Å². The molecule has 0 aliphatic carbocycles. The molecule has 22 heavy (non-hydrogen) atoms. The zero-order valence-corrected chi connectivity index (χ0v) is 11.7. The number of benzene rings is 1. The maximum absolute atomic E-state index is 12.7. The number of carboxylic acid groups (broad SMARTS) is 1. The van der Waals surface area contributed by atoms with E-state index in [1.165, 1.54) is 17.9 Å². The minimum atomic E-state index is -4.50. The molecule has 1 aromatic rings. The van der Waals surface area contributed by atoms with Crippen molar-refractivity contribution in [1.82, 2.24) is 4.90 Å². The second kappa shape index (κ2) is 5.82. The summed E-state index contributed by atoms with van der Waals surface area (Å²) in [5.41, 5.74) is -0.467. The molecule has 1 fully saturated rings. The van der Waals surface area contributed by atoms with Gasteiger partial charge < -0.3 is 10.0 Å². The number of Topliss-reactive ketones (excluding diaryl/α,β-unsaturated/α-hetero) is 1. The molecule has 0 bridgehead atoms. The fourth-order valence-corrected chi connectivity index (χ4v) is 2.21. The van der Waals surface area contributed by atoms with Crippen LogP contribution in [0.25, 0.3) is 6.08 Å². The Balaban J connectivity index is 2.18. The van der Waals surface area contributed by atoms with E-state index >= 15 is 0 Å². The maximum Gasteiger partial charge on any atom is 0.416 e. The number of hydrogen-bond acceptors (Lipinski definition) is 2. The van der Waals surface area contributed by atoms with Gasteiger partial charge in [0.05, 0.1) is 5.56 Å². The standard InChI is InChI=1S/C15H14F3NO3/c1-9(20)13-6-12(15(16,17)18)5-4-11(13)3-2-10-7-19(8-10)14(21)22/h2-6,10H,7-8H2,1H3,(H,21,22)/b3-2+. The van der Waals surface area contributed by atoms with Gasteiger partial charge in [0.15, 0.2) is 5.78 Å². The molecule has 0 aromatic heterocycles. The molecule has 4 nitrogen and oxygen atoms in total. The number of halogens is 3. The van der Waals surface area contributed by atoms with E-state index < -0.39 is 23.6 Å². The van der Waals surface area contributed by atoms with E-state index in [1.54, 1.807) is 12.2 Å². The predicted octanol–water partition coefficient (Wildman–Crippen LogP) is 3.53. The predicted molar refractivity (Wildman–Crippen MR) is 73.6 cm³/mol. The Bertz CT molecular complexity index is 631. The number of alkyl halides is 3. The first-order valence-electron chi connectivity index (χ1n) is 6.56. The van der Waals surface area contributed by atoms with Crippen molar-refractivity contribution in [1.29, 1.82) is 0 Å². The normalized spacial score (nSPS) is 15.9. The molecule has 118 valence electrons. The molecule has 1 aromatic carbocycles. The van der Waals surface area contributed by atoms with Gasteiger partial charge in [0.2, 0.25) is 0 Å². The summed E-state index contributed by atoms with van der Waals surface area (Å²) in [5, 5.41) is 8.71. The molecular formula is C15H14F3NO3. The lowest BCUT2D eigenvalue weighted by Crippen LogP contribution is -2.48. The van der Waals surface area contributed by atoms with E-state index in [0.29, 0.717) is 18.7 Å². The van der Waals surface area contributed by atoms with Gasteiger partial charge in [0.25, 0.3) is 0 Å². The fourth-order valence-electron chi connectivity index (χ4n) is 2.21. The molecule has 1 amide bonds. The molecule has 0 unspecified atom stereocenters. The summed E-state index contributed by atoms with van der Waals surface area (Å²) < 4.78 is 38.0. The zero-order valence-electron chi connectivity index (χ0n) is 11.7. The number of hydrogen-bond donors (Lipinski definition) is 1. The van der Waals surface area contributed by atoms with Crippen molar-refractivity contribution >= 4 is 18.0 Å². The van der Waals surface area contributed by atoms with Crippen LogP contribution in [0.4, 0.5) is 18.0 Å². The van der Waals surface area contributed by atoms with Crippen molar-refractivity contribution < 1.29 is 27.9 Å². The smallest absolute Gasteiger partial charge is 0.416 e. The summed E-state index contributed by atoms with van der Waals surface area (Å²) in [6.45, 7) is 1.91. The maximum atomic E-state index is 12.7. The Morgan fingerprint density at radius 1 is 1.32 bits per heavy atom. The van der Waals surface area contributed by atoms with Gasteiger partial charge in [-0.05, 0) is 24.6 Å². The van der Waals surface area contributed by atoms with E-state index in [2.05, 4.69) is 0 Å². The van der Waals surface area contributed by atoms with Crippen LogP contribution in [0.15, 0.2) is 24.3 Å². The molecule has 0 spiro atoms. The number of likely N-dealkylation sites (tertiary alicyclic amines) is 1. The van der Waals surface area contributed by atoms with Crippen LogP contribution >= 0.6 is 0 Å². The summed E-state index contributed by atoms with van der Waals surface area (Å²) in [4.78, 5) is 23.4. The average Bonchev–Trinajstić information content (AvgIpc) is 2.35. The van der Waals surface area contributed by atoms with Crippen molar-refractivity contribution in [2.45, 2.75) is 13.1 Å². The van der Waals surface area contributed by atoms with Crippen molar-refractivity contribution in [2.75, 3.05) is 13.1 Å². The number of ketones is 1. The molecule has 1 saturated heterocycles. The lowest BCUT2D eigenvalue weighted by atomic mass is 9.96. The lowest BCUT2D eigenvalue weighted by molar-refractivity contribution is -0.137. The largest absolute Gasteiger partial charge is 0.465 e. The Kier molecular flexibility index (Phi) is 4.25. The molecule has 0 saturated carbocycles. The SMILES string of the molecule is CC(=O)c1cc(C(F)(F)F)ccc1/C=C/C1CN(C(=O)O)C1. The van der Waals surface area contributed by atoms with Crippen LogP contribution in [0.3, 0.4) is 0 Å². The molecule has 7 heteroatoms. The van der Waals surface area contributed by atoms with Crippen LogP contribution in [0.5, 0.6) is 0 Å². The minimum absolute atomic E-state index is 0.000453. The summed E-state index contributed by atoms with van der Waals surface area (Å²) in [7, 11) is 0. The van der Waals surface area contributed by atoms with Crippen LogP contribution in [-0.2, 0) is 6.18 Å². The van der Waals surface area contributed by atoms with E-state index in [1.807, 2.05) is 0 Å². The second-order valence-electron chi connectivity index (χ2n) is 5.16. The van der Waals surface area contributed by atoms with E-state index in [-0.39, 0.29) is 11.5 Å². The van der Waals surface area contributed by atoms with Gasteiger partial charge in [-0.3, -0.25) is 4.79 Å². The van der Waals surface area contributed by atoms with E-state index in [0.717, 1.165) is 12.1 Å². The minimum Gasteiger partial charge on any atom is -0.465 e. The van der Waals surface area contributed by atoms with Gasteiger partial charge in [-0.1, -0.05) is 18.2 Å². The highest BCUT2D eigenvalue weighted by Crippen LogP contribution is 2.31. The van der Waals surface area contributed by atoms with Crippen LogP contribution in [-0.4, -0.2) is 35.0 Å². The Hall–Kier alpha value is -2.31. The first-order valence-corrected chi connectivity index (χ1v) is 6.56. The number of amides is 1. The highest BCUT2D eigenvalue weighted by molar-refractivity contribution is 5.97. The Morgan fingerprint density at radius 3 is 2.45 bits per heavy atom. The topological polar surface area (TPSA) is 57.6 Å². The highest BCUT2D eigenvalue weighted by Gasteiger charge is 2.31. The first kappa shape index (κ1) is 16.1. The third-order valence-corrected chi connectivity index (χ3v) is 3.49.